The van der Waals surface area contributed by atoms with Gasteiger partial charge in [0.05, 0.1) is 11.3 Å². The van der Waals surface area contributed by atoms with Gasteiger partial charge in [-0.05, 0) is 24.5 Å². The Labute approximate surface area is 142 Å². The Morgan fingerprint density at radius 1 is 1.32 bits per heavy atom. The molecule has 1 aromatic carbocycles. The van der Waals surface area contributed by atoms with Crippen molar-refractivity contribution in [3.8, 4) is 0 Å². The van der Waals surface area contributed by atoms with Crippen LogP contribution in [-0.2, 0) is 26.2 Å². The van der Waals surface area contributed by atoms with Crippen molar-refractivity contribution < 1.29 is 22.4 Å². The monoisotopic (exact) mass is 357 g/mol. The maximum absolute atomic E-state index is 14.0. The maximum atomic E-state index is 14.0. The fraction of sp³-hybridized carbons (Fsp3) is 0.412. The highest BCUT2D eigenvalue weighted by molar-refractivity contribution is 5.92. The lowest BCUT2D eigenvalue weighted by Gasteiger charge is -2.11. The summed E-state index contributed by atoms with van der Waals surface area (Å²) in [5, 5.41) is 6.66. The molecule has 25 heavy (non-hydrogen) atoms. The van der Waals surface area contributed by atoms with Gasteiger partial charge in [-0.15, -0.1) is 0 Å². The second-order valence-electron chi connectivity index (χ2n) is 6.20. The lowest BCUT2D eigenvalue weighted by atomic mass is 10.1. The second-order valence-corrected chi connectivity index (χ2v) is 6.20. The van der Waals surface area contributed by atoms with Crippen LogP contribution in [0.15, 0.2) is 24.3 Å². The molecule has 0 saturated carbocycles. The van der Waals surface area contributed by atoms with Crippen LogP contribution >= 0.6 is 0 Å². The van der Waals surface area contributed by atoms with Gasteiger partial charge in [-0.1, -0.05) is 26.0 Å². The predicted molar refractivity (Wildman–Crippen MR) is 84.3 cm³/mol. The smallest absolute Gasteiger partial charge is 0.347 e. The molecule has 0 fully saturated rings. The van der Waals surface area contributed by atoms with Gasteiger partial charge in [0.25, 0.3) is 5.91 Å². The van der Waals surface area contributed by atoms with Gasteiger partial charge in [0, 0.05) is 19.2 Å². The molecule has 0 atom stereocenters. The number of hydrogen-bond donors (Lipinski definition) is 1. The first-order valence-electron chi connectivity index (χ1n) is 7.75. The van der Waals surface area contributed by atoms with E-state index in [-0.39, 0.29) is 17.8 Å². The highest BCUT2D eigenvalue weighted by Gasteiger charge is 2.34. The molecular weight excluding hydrogens is 338 g/mol. The number of amides is 1. The first-order chi connectivity index (χ1) is 11.6. The summed E-state index contributed by atoms with van der Waals surface area (Å²) in [5.74, 6) is -1.53. The molecule has 1 heterocycles. The van der Waals surface area contributed by atoms with Crippen LogP contribution in [0.2, 0.25) is 0 Å². The Balaban J connectivity index is 2.12. The van der Waals surface area contributed by atoms with Crippen molar-refractivity contribution in [3.63, 3.8) is 0 Å². The van der Waals surface area contributed by atoms with Crippen LogP contribution in [0.4, 0.5) is 17.6 Å². The zero-order valence-corrected chi connectivity index (χ0v) is 14.1. The predicted octanol–water partition coefficient (Wildman–Crippen LogP) is 3.71. The van der Waals surface area contributed by atoms with Crippen molar-refractivity contribution in [1.29, 1.82) is 0 Å². The molecule has 1 amide bonds. The Hall–Kier alpha value is -2.38. The first-order valence-corrected chi connectivity index (χ1v) is 7.75. The molecule has 1 aromatic heterocycles. The van der Waals surface area contributed by atoms with Crippen LogP contribution < -0.4 is 5.32 Å². The molecule has 0 aliphatic rings. The van der Waals surface area contributed by atoms with Crippen LogP contribution in [0, 0.1) is 11.7 Å². The largest absolute Gasteiger partial charge is 0.419 e. The van der Waals surface area contributed by atoms with E-state index in [9.17, 15) is 22.4 Å². The quantitative estimate of drug-likeness (QED) is 0.830. The highest BCUT2D eigenvalue weighted by Crippen LogP contribution is 2.32. The third kappa shape index (κ3) is 4.58. The van der Waals surface area contributed by atoms with Crippen molar-refractivity contribution in [1.82, 2.24) is 15.1 Å². The van der Waals surface area contributed by atoms with Crippen LogP contribution in [0.1, 0.15) is 41.2 Å². The van der Waals surface area contributed by atoms with Crippen LogP contribution in [0.3, 0.4) is 0 Å². The third-order valence-electron chi connectivity index (χ3n) is 3.60. The number of carbonyl (C=O) groups is 1. The standard InChI is InChI=1S/C17H19F4N3O/c1-10(2)7-12-8-14(24(3)23-12)16(25)22-9-11-5-4-6-13(15(11)18)17(19,20)21/h4-6,8,10H,7,9H2,1-3H3,(H,22,25). The number of rotatable bonds is 5. The second kappa shape index (κ2) is 7.25. The average molecular weight is 357 g/mol. The van der Waals surface area contributed by atoms with Gasteiger partial charge in [-0.25, -0.2) is 4.39 Å². The molecule has 0 radical (unpaired) electrons. The van der Waals surface area contributed by atoms with Crippen molar-refractivity contribution in [2.75, 3.05) is 0 Å². The molecule has 0 unspecified atom stereocenters. The minimum atomic E-state index is -4.78. The number of aryl methyl sites for hydroxylation is 1. The molecule has 0 bridgehead atoms. The lowest BCUT2D eigenvalue weighted by Crippen LogP contribution is -2.26. The molecule has 8 heteroatoms. The minimum Gasteiger partial charge on any atom is -0.347 e. The molecular formula is C17H19F4N3O. The van der Waals surface area contributed by atoms with Crippen molar-refractivity contribution in [2.45, 2.75) is 33.0 Å². The van der Waals surface area contributed by atoms with E-state index < -0.39 is 23.5 Å². The molecule has 1 N–H and O–H groups in total. The number of benzene rings is 1. The third-order valence-corrected chi connectivity index (χ3v) is 3.60. The molecule has 0 aliphatic heterocycles. The van der Waals surface area contributed by atoms with Crippen molar-refractivity contribution in [3.05, 3.63) is 52.6 Å². The number of nitrogens with one attached hydrogen (secondary N) is 1. The van der Waals surface area contributed by atoms with Gasteiger partial charge in [0.1, 0.15) is 11.5 Å². The molecule has 2 aromatic rings. The SMILES string of the molecule is CC(C)Cc1cc(C(=O)NCc2cccc(C(F)(F)F)c2F)n(C)n1. The normalized spacial score (nSPS) is 11.8. The Morgan fingerprint density at radius 2 is 2.00 bits per heavy atom. The van der Waals surface area contributed by atoms with Crippen LogP contribution in [0.5, 0.6) is 0 Å². The fourth-order valence-corrected chi connectivity index (χ4v) is 2.46. The van der Waals surface area contributed by atoms with Gasteiger partial charge < -0.3 is 5.32 Å². The number of aromatic nitrogens is 2. The van der Waals surface area contributed by atoms with Crippen LogP contribution in [0.25, 0.3) is 0 Å². The summed E-state index contributed by atoms with van der Waals surface area (Å²) in [6.45, 7) is 3.69. The Kier molecular flexibility index (Phi) is 5.49. The summed E-state index contributed by atoms with van der Waals surface area (Å²) >= 11 is 0. The van der Waals surface area contributed by atoms with Crippen molar-refractivity contribution in [2.24, 2.45) is 13.0 Å². The van der Waals surface area contributed by atoms with Gasteiger partial charge in [-0.2, -0.15) is 18.3 Å². The Morgan fingerprint density at radius 3 is 2.60 bits per heavy atom. The summed E-state index contributed by atoms with van der Waals surface area (Å²) in [7, 11) is 1.60. The molecule has 0 spiro atoms. The number of nitrogens with zero attached hydrogens (tertiary/aromatic N) is 2. The van der Waals surface area contributed by atoms with E-state index in [0.717, 1.165) is 11.8 Å². The molecule has 136 valence electrons. The minimum absolute atomic E-state index is 0.229. The topological polar surface area (TPSA) is 46.9 Å². The molecule has 0 saturated heterocycles. The molecule has 4 nitrogen and oxygen atoms in total. The van der Waals surface area contributed by atoms with Crippen LogP contribution in [-0.4, -0.2) is 15.7 Å². The van der Waals surface area contributed by atoms with E-state index in [2.05, 4.69) is 10.4 Å². The van der Waals surface area contributed by atoms with E-state index in [0.29, 0.717) is 18.4 Å². The zero-order chi connectivity index (χ0) is 18.8. The molecule has 2 rings (SSSR count). The number of hydrogen-bond acceptors (Lipinski definition) is 2. The number of carbonyl (C=O) groups excluding carboxylic acids is 1. The first kappa shape index (κ1) is 19.0. The van der Waals surface area contributed by atoms with Gasteiger partial charge in [-0.3, -0.25) is 9.48 Å². The molecule has 0 aliphatic carbocycles. The van der Waals surface area contributed by atoms with Crippen molar-refractivity contribution >= 4 is 5.91 Å². The number of halogens is 4. The number of alkyl halides is 3. The average Bonchev–Trinajstić information content (AvgIpc) is 2.84. The van der Waals surface area contributed by atoms with E-state index in [1.54, 1.807) is 13.1 Å². The van der Waals surface area contributed by atoms with Gasteiger partial charge >= 0.3 is 6.18 Å². The van der Waals surface area contributed by atoms with Gasteiger partial charge in [0.2, 0.25) is 0 Å². The van der Waals surface area contributed by atoms with E-state index in [4.69, 9.17) is 0 Å². The Bertz CT molecular complexity index is 766. The highest BCUT2D eigenvalue weighted by atomic mass is 19.4. The summed E-state index contributed by atoms with van der Waals surface area (Å²) in [4.78, 5) is 12.2. The van der Waals surface area contributed by atoms with Gasteiger partial charge in [0.15, 0.2) is 0 Å². The fourth-order valence-electron chi connectivity index (χ4n) is 2.46. The van der Waals surface area contributed by atoms with E-state index in [1.807, 2.05) is 13.8 Å². The summed E-state index contributed by atoms with van der Waals surface area (Å²) in [6, 6.07) is 4.61. The van der Waals surface area contributed by atoms with E-state index >= 15 is 0 Å². The summed E-state index contributed by atoms with van der Waals surface area (Å²) in [5.41, 5.74) is -0.567. The summed E-state index contributed by atoms with van der Waals surface area (Å²) in [6.07, 6.45) is -4.08. The lowest BCUT2D eigenvalue weighted by molar-refractivity contribution is -0.140. The zero-order valence-electron chi connectivity index (χ0n) is 14.1. The summed E-state index contributed by atoms with van der Waals surface area (Å²) < 4.78 is 53.5. The maximum Gasteiger partial charge on any atom is 0.419 e. The van der Waals surface area contributed by atoms with E-state index in [1.165, 1.54) is 10.7 Å².